The van der Waals surface area contributed by atoms with E-state index in [1.165, 1.54) is 0 Å². The molecular weight excluding hydrogens is 256 g/mol. The Morgan fingerprint density at radius 3 is 2.95 bits per heavy atom. The van der Waals surface area contributed by atoms with Crippen LogP contribution < -0.4 is 4.90 Å². The molecule has 0 aromatic heterocycles. The number of methoxy groups -OCH3 is 1. The monoisotopic (exact) mass is 276 g/mol. The molecule has 1 aliphatic rings. The van der Waals surface area contributed by atoms with E-state index in [2.05, 4.69) is 5.16 Å². The summed E-state index contributed by atoms with van der Waals surface area (Å²) in [7, 11) is 1.65. The largest absolute Gasteiger partial charge is 0.411 e. The van der Waals surface area contributed by atoms with Crippen LogP contribution in [0.25, 0.3) is 0 Å². The lowest BCUT2D eigenvalue weighted by atomic mass is 9.99. The fourth-order valence-electron chi connectivity index (χ4n) is 2.37. The summed E-state index contributed by atoms with van der Waals surface area (Å²) in [5.41, 5.74) is 2.28. The summed E-state index contributed by atoms with van der Waals surface area (Å²) in [6, 6.07) is 7.53. The molecule has 108 valence electrons. The Morgan fingerprint density at radius 2 is 2.25 bits per heavy atom. The molecule has 5 heteroatoms. The Kier molecular flexibility index (Phi) is 4.74. The summed E-state index contributed by atoms with van der Waals surface area (Å²) < 4.78 is 5.17. The zero-order chi connectivity index (χ0) is 14.5. The molecule has 5 nitrogen and oxygen atoms in total. The molecule has 1 unspecified atom stereocenters. The highest BCUT2D eigenvalue weighted by Gasteiger charge is 2.26. The topological polar surface area (TPSA) is 62.1 Å². The van der Waals surface area contributed by atoms with E-state index >= 15 is 0 Å². The molecule has 0 fully saturated rings. The minimum absolute atomic E-state index is 0.0774. The Bertz CT molecular complexity index is 514. The number of ether oxygens (including phenoxy) is 1. The van der Waals surface area contributed by atoms with Crippen molar-refractivity contribution in [1.82, 2.24) is 0 Å². The highest BCUT2D eigenvalue weighted by atomic mass is 16.5. The van der Waals surface area contributed by atoms with E-state index < -0.39 is 0 Å². The zero-order valence-corrected chi connectivity index (χ0v) is 11.9. The Morgan fingerprint density at radius 1 is 1.50 bits per heavy atom. The SMILES string of the molecule is COC(C)CCC(=O)N1CC/C(=N/O)c2ccccc21. The van der Waals surface area contributed by atoms with Gasteiger partial charge in [-0.05, 0) is 19.4 Å². The number of rotatable bonds is 4. The molecule has 0 saturated heterocycles. The summed E-state index contributed by atoms with van der Waals surface area (Å²) in [4.78, 5) is 14.1. The standard InChI is InChI=1S/C15H20N2O3/c1-11(20-2)7-8-15(18)17-10-9-13(16-19)12-5-3-4-6-14(12)17/h3-6,11,19H,7-10H2,1-2H3/b16-13-. The molecule has 1 atom stereocenters. The fourth-order valence-corrected chi connectivity index (χ4v) is 2.37. The van der Waals surface area contributed by atoms with E-state index in [1.54, 1.807) is 12.0 Å². The maximum absolute atomic E-state index is 12.3. The molecule has 1 aliphatic heterocycles. The average molecular weight is 276 g/mol. The van der Waals surface area contributed by atoms with Crippen LogP contribution in [0.15, 0.2) is 29.4 Å². The molecule has 0 saturated carbocycles. The Hall–Kier alpha value is -1.88. The number of amides is 1. The highest BCUT2D eigenvalue weighted by molar-refractivity contribution is 6.11. The number of hydrogen-bond donors (Lipinski definition) is 1. The molecule has 1 aromatic rings. The van der Waals surface area contributed by atoms with E-state index in [0.717, 1.165) is 11.3 Å². The predicted molar refractivity (Wildman–Crippen MR) is 77.4 cm³/mol. The van der Waals surface area contributed by atoms with Gasteiger partial charge in [-0.2, -0.15) is 0 Å². The maximum atomic E-state index is 12.3. The van der Waals surface area contributed by atoms with Crippen LogP contribution in [0.1, 0.15) is 31.7 Å². The highest BCUT2D eigenvalue weighted by Crippen LogP contribution is 2.28. The van der Waals surface area contributed by atoms with Gasteiger partial charge in [0.15, 0.2) is 0 Å². The van der Waals surface area contributed by atoms with Crippen molar-refractivity contribution in [3.05, 3.63) is 29.8 Å². The molecule has 1 amide bonds. The third-order valence-corrected chi connectivity index (χ3v) is 3.67. The van der Waals surface area contributed by atoms with Crippen LogP contribution in [0, 0.1) is 0 Å². The van der Waals surface area contributed by atoms with Crippen LogP contribution in [0.3, 0.4) is 0 Å². The van der Waals surface area contributed by atoms with Gasteiger partial charge in [-0.15, -0.1) is 0 Å². The van der Waals surface area contributed by atoms with E-state index in [4.69, 9.17) is 9.94 Å². The number of fused-ring (bicyclic) bond motifs is 1. The van der Waals surface area contributed by atoms with Crippen molar-refractivity contribution >= 4 is 17.3 Å². The van der Waals surface area contributed by atoms with Crippen molar-refractivity contribution < 1.29 is 14.7 Å². The van der Waals surface area contributed by atoms with Crippen molar-refractivity contribution in [2.75, 3.05) is 18.6 Å². The zero-order valence-electron chi connectivity index (χ0n) is 11.9. The Labute approximate surface area is 118 Å². The van der Waals surface area contributed by atoms with E-state index in [-0.39, 0.29) is 12.0 Å². The summed E-state index contributed by atoms with van der Waals surface area (Å²) in [6.07, 6.45) is 1.80. The predicted octanol–water partition coefficient (Wildman–Crippen LogP) is 2.42. The summed E-state index contributed by atoms with van der Waals surface area (Å²) in [5.74, 6) is 0.0818. The normalized spacial score (nSPS) is 17.9. The first-order valence-corrected chi connectivity index (χ1v) is 6.81. The van der Waals surface area contributed by atoms with Gasteiger partial charge in [0.1, 0.15) is 0 Å². The molecule has 0 radical (unpaired) electrons. The molecule has 1 N–H and O–H groups in total. The molecule has 0 aliphatic carbocycles. The van der Waals surface area contributed by atoms with Gasteiger partial charge in [-0.3, -0.25) is 4.79 Å². The van der Waals surface area contributed by atoms with Gasteiger partial charge in [-0.25, -0.2) is 0 Å². The number of anilines is 1. The second kappa shape index (κ2) is 6.52. The number of benzene rings is 1. The quantitative estimate of drug-likeness (QED) is 0.678. The van der Waals surface area contributed by atoms with E-state index in [0.29, 0.717) is 31.5 Å². The Balaban J connectivity index is 2.16. The van der Waals surface area contributed by atoms with Gasteiger partial charge in [-0.1, -0.05) is 23.4 Å². The van der Waals surface area contributed by atoms with Gasteiger partial charge in [0, 0.05) is 32.1 Å². The van der Waals surface area contributed by atoms with Crippen LogP contribution in [-0.4, -0.2) is 36.6 Å². The minimum atomic E-state index is 0.0774. The third kappa shape index (κ3) is 2.99. The molecule has 0 bridgehead atoms. The molecule has 0 spiro atoms. The molecule has 1 heterocycles. The fraction of sp³-hybridized carbons (Fsp3) is 0.467. The number of oxime groups is 1. The lowest BCUT2D eigenvalue weighted by Crippen LogP contribution is -2.37. The van der Waals surface area contributed by atoms with Crippen molar-refractivity contribution in [3.63, 3.8) is 0 Å². The van der Waals surface area contributed by atoms with Gasteiger partial charge in [0.25, 0.3) is 0 Å². The molecule has 2 rings (SSSR count). The first-order valence-electron chi connectivity index (χ1n) is 6.81. The van der Waals surface area contributed by atoms with Crippen molar-refractivity contribution in [1.29, 1.82) is 0 Å². The second-order valence-corrected chi connectivity index (χ2v) is 4.94. The molecule has 1 aromatic carbocycles. The number of carbonyl (C=O) groups is 1. The smallest absolute Gasteiger partial charge is 0.227 e. The number of carbonyl (C=O) groups excluding carboxylic acids is 1. The number of nitrogens with zero attached hydrogens (tertiary/aromatic N) is 2. The summed E-state index contributed by atoms with van der Waals surface area (Å²) >= 11 is 0. The van der Waals surface area contributed by atoms with E-state index in [1.807, 2.05) is 31.2 Å². The van der Waals surface area contributed by atoms with E-state index in [9.17, 15) is 4.79 Å². The number of para-hydroxylation sites is 1. The van der Waals surface area contributed by atoms with Crippen LogP contribution >= 0.6 is 0 Å². The van der Waals surface area contributed by atoms with Crippen molar-refractivity contribution in [3.8, 4) is 0 Å². The second-order valence-electron chi connectivity index (χ2n) is 4.94. The van der Waals surface area contributed by atoms with Crippen LogP contribution in [0.2, 0.25) is 0 Å². The first-order chi connectivity index (χ1) is 9.67. The maximum Gasteiger partial charge on any atom is 0.227 e. The van der Waals surface area contributed by atoms with Crippen LogP contribution in [0.4, 0.5) is 5.69 Å². The van der Waals surface area contributed by atoms with Crippen molar-refractivity contribution in [2.24, 2.45) is 5.16 Å². The molecule has 20 heavy (non-hydrogen) atoms. The van der Waals surface area contributed by atoms with Gasteiger partial charge in [0.2, 0.25) is 5.91 Å². The van der Waals surface area contributed by atoms with Gasteiger partial charge in [0.05, 0.1) is 17.5 Å². The van der Waals surface area contributed by atoms with Gasteiger partial charge >= 0.3 is 0 Å². The lowest BCUT2D eigenvalue weighted by molar-refractivity contribution is -0.119. The van der Waals surface area contributed by atoms with Crippen LogP contribution in [-0.2, 0) is 9.53 Å². The average Bonchev–Trinajstić information content (AvgIpc) is 2.51. The third-order valence-electron chi connectivity index (χ3n) is 3.67. The summed E-state index contributed by atoms with van der Waals surface area (Å²) in [5, 5.41) is 12.4. The number of hydrogen-bond acceptors (Lipinski definition) is 4. The first kappa shape index (κ1) is 14.5. The molecular formula is C15H20N2O3. The van der Waals surface area contributed by atoms with Crippen molar-refractivity contribution in [2.45, 2.75) is 32.3 Å². The summed E-state index contributed by atoms with van der Waals surface area (Å²) in [6.45, 7) is 2.50. The lowest BCUT2D eigenvalue weighted by Gasteiger charge is -2.30. The van der Waals surface area contributed by atoms with Crippen LogP contribution in [0.5, 0.6) is 0 Å². The minimum Gasteiger partial charge on any atom is -0.411 e. The van der Waals surface area contributed by atoms with Gasteiger partial charge < -0.3 is 14.8 Å².